The molecule has 2 aromatic carbocycles. The number of benzene rings is 2. The van der Waals surface area contributed by atoms with E-state index in [4.69, 9.17) is 4.74 Å². The van der Waals surface area contributed by atoms with Crippen molar-refractivity contribution < 1.29 is 9.53 Å². The van der Waals surface area contributed by atoms with Gasteiger partial charge in [0.15, 0.2) is 0 Å². The van der Waals surface area contributed by atoms with Gasteiger partial charge in [-0.3, -0.25) is 9.48 Å². The van der Waals surface area contributed by atoms with E-state index in [1.807, 2.05) is 42.2 Å². The van der Waals surface area contributed by atoms with Crippen LogP contribution in [0.2, 0.25) is 0 Å². The molecule has 0 unspecified atom stereocenters. The van der Waals surface area contributed by atoms with Crippen molar-refractivity contribution in [1.82, 2.24) is 14.8 Å². The SMILES string of the molecule is CCCC(CCC)Oc1ccc(C(=O)Nc2cc3cc(-c4cnn(C)c4C)ccc3cn2)cc1. The first-order chi connectivity index (χ1) is 16.5. The molecule has 176 valence electrons. The Morgan fingerprint density at radius 2 is 1.74 bits per heavy atom. The van der Waals surface area contributed by atoms with Crippen LogP contribution in [0.5, 0.6) is 5.75 Å². The zero-order valence-corrected chi connectivity index (χ0v) is 20.3. The number of ether oxygens (including phenoxy) is 1. The molecule has 6 nitrogen and oxygen atoms in total. The first-order valence-electron chi connectivity index (χ1n) is 11.9. The molecule has 0 aliphatic carbocycles. The third kappa shape index (κ3) is 5.28. The summed E-state index contributed by atoms with van der Waals surface area (Å²) < 4.78 is 7.97. The van der Waals surface area contributed by atoms with Crippen molar-refractivity contribution >= 4 is 22.5 Å². The number of anilines is 1. The highest BCUT2D eigenvalue weighted by atomic mass is 16.5. The van der Waals surface area contributed by atoms with Gasteiger partial charge in [0.2, 0.25) is 0 Å². The topological polar surface area (TPSA) is 69.0 Å². The number of fused-ring (bicyclic) bond motifs is 1. The van der Waals surface area contributed by atoms with E-state index in [1.54, 1.807) is 18.3 Å². The Hall–Kier alpha value is -3.67. The summed E-state index contributed by atoms with van der Waals surface area (Å²) in [6.07, 6.45) is 8.12. The number of aromatic nitrogens is 3. The molecule has 1 amide bonds. The molecule has 0 saturated carbocycles. The lowest BCUT2D eigenvalue weighted by atomic mass is 10.0. The number of nitrogens with one attached hydrogen (secondary N) is 1. The maximum absolute atomic E-state index is 12.8. The van der Waals surface area contributed by atoms with Crippen LogP contribution in [0.25, 0.3) is 21.9 Å². The number of rotatable bonds is 9. The lowest BCUT2D eigenvalue weighted by Gasteiger charge is -2.18. The molecule has 4 rings (SSSR count). The predicted octanol–water partition coefficient (Wildman–Crippen LogP) is 6.54. The first kappa shape index (κ1) is 23.5. The number of pyridine rings is 1. The van der Waals surface area contributed by atoms with Gasteiger partial charge in [-0.25, -0.2) is 4.98 Å². The number of carbonyl (C=O) groups is 1. The smallest absolute Gasteiger partial charge is 0.256 e. The fourth-order valence-electron chi connectivity index (χ4n) is 4.13. The minimum absolute atomic E-state index is 0.198. The minimum Gasteiger partial charge on any atom is -0.490 e. The van der Waals surface area contributed by atoms with E-state index in [0.717, 1.165) is 59.0 Å². The molecular formula is C28H32N4O2. The van der Waals surface area contributed by atoms with Crippen molar-refractivity contribution in [3.8, 4) is 16.9 Å². The van der Waals surface area contributed by atoms with Gasteiger partial charge in [0.1, 0.15) is 11.6 Å². The minimum atomic E-state index is -0.198. The van der Waals surface area contributed by atoms with Gasteiger partial charge >= 0.3 is 0 Å². The van der Waals surface area contributed by atoms with Crippen LogP contribution in [-0.4, -0.2) is 26.8 Å². The Balaban J connectivity index is 1.48. The molecule has 0 bridgehead atoms. The Labute approximate surface area is 201 Å². The lowest BCUT2D eigenvalue weighted by Crippen LogP contribution is -2.16. The molecule has 2 heterocycles. The second-order valence-electron chi connectivity index (χ2n) is 8.69. The molecule has 4 aromatic rings. The van der Waals surface area contributed by atoms with Gasteiger partial charge in [-0.1, -0.05) is 38.8 Å². The zero-order valence-electron chi connectivity index (χ0n) is 20.3. The van der Waals surface area contributed by atoms with Gasteiger partial charge in [-0.15, -0.1) is 0 Å². The van der Waals surface area contributed by atoms with E-state index in [9.17, 15) is 4.79 Å². The molecule has 1 N–H and O–H groups in total. The number of nitrogens with zero attached hydrogens (tertiary/aromatic N) is 3. The van der Waals surface area contributed by atoms with Crippen molar-refractivity contribution in [3.63, 3.8) is 0 Å². The summed E-state index contributed by atoms with van der Waals surface area (Å²) in [5, 5.41) is 9.28. The first-order valence-corrected chi connectivity index (χ1v) is 11.9. The van der Waals surface area contributed by atoms with E-state index >= 15 is 0 Å². The second kappa shape index (κ2) is 10.5. The van der Waals surface area contributed by atoms with Crippen LogP contribution in [0.15, 0.2) is 60.9 Å². The van der Waals surface area contributed by atoms with Crippen molar-refractivity contribution in [3.05, 3.63) is 72.2 Å². The van der Waals surface area contributed by atoms with Gasteiger partial charge in [-0.05, 0) is 67.1 Å². The van der Waals surface area contributed by atoms with Crippen LogP contribution in [0.3, 0.4) is 0 Å². The average molecular weight is 457 g/mol. The van der Waals surface area contributed by atoms with Crippen LogP contribution in [0.4, 0.5) is 5.82 Å². The Morgan fingerprint density at radius 3 is 2.38 bits per heavy atom. The van der Waals surface area contributed by atoms with Crippen molar-refractivity contribution in [1.29, 1.82) is 0 Å². The molecule has 2 aromatic heterocycles. The normalized spacial score (nSPS) is 11.2. The predicted molar refractivity (Wildman–Crippen MR) is 137 cm³/mol. The number of carbonyl (C=O) groups excluding carboxylic acids is 1. The Morgan fingerprint density at radius 1 is 1.00 bits per heavy atom. The van der Waals surface area contributed by atoms with E-state index < -0.39 is 0 Å². The van der Waals surface area contributed by atoms with Gasteiger partial charge in [0.25, 0.3) is 5.91 Å². The summed E-state index contributed by atoms with van der Waals surface area (Å²) in [6, 6.07) is 15.4. The summed E-state index contributed by atoms with van der Waals surface area (Å²) in [6.45, 7) is 6.39. The Kier molecular flexibility index (Phi) is 7.26. The second-order valence-corrected chi connectivity index (χ2v) is 8.69. The number of amides is 1. The molecule has 0 aliphatic rings. The summed E-state index contributed by atoms with van der Waals surface area (Å²) in [5.41, 5.74) is 3.84. The fourth-order valence-corrected chi connectivity index (χ4v) is 4.13. The van der Waals surface area contributed by atoms with E-state index in [1.165, 1.54) is 0 Å². The van der Waals surface area contributed by atoms with Crippen LogP contribution in [-0.2, 0) is 7.05 Å². The molecule has 0 aliphatic heterocycles. The van der Waals surface area contributed by atoms with Gasteiger partial charge in [0, 0.05) is 35.5 Å². The fraction of sp³-hybridized carbons (Fsp3) is 0.321. The highest BCUT2D eigenvalue weighted by Gasteiger charge is 2.12. The molecule has 6 heteroatoms. The third-order valence-electron chi connectivity index (χ3n) is 6.15. The van der Waals surface area contributed by atoms with Crippen LogP contribution >= 0.6 is 0 Å². The van der Waals surface area contributed by atoms with Crippen molar-refractivity contribution in [2.45, 2.75) is 52.6 Å². The zero-order chi connectivity index (χ0) is 24.1. The van der Waals surface area contributed by atoms with Crippen LogP contribution in [0, 0.1) is 6.92 Å². The largest absolute Gasteiger partial charge is 0.490 e. The highest BCUT2D eigenvalue weighted by Crippen LogP contribution is 2.27. The number of hydrogen-bond donors (Lipinski definition) is 1. The molecule has 0 radical (unpaired) electrons. The summed E-state index contributed by atoms with van der Waals surface area (Å²) in [4.78, 5) is 17.2. The van der Waals surface area contributed by atoms with Crippen molar-refractivity contribution in [2.24, 2.45) is 7.05 Å². The third-order valence-corrected chi connectivity index (χ3v) is 6.15. The van der Waals surface area contributed by atoms with E-state index in [0.29, 0.717) is 11.4 Å². The molecule has 0 saturated heterocycles. The lowest BCUT2D eigenvalue weighted by molar-refractivity contribution is 0.102. The van der Waals surface area contributed by atoms with Crippen molar-refractivity contribution in [2.75, 3.05) is 5.32 Å². The molecular weight excluding hydrogens is 424 g/mol. The summed E-state index contributed by atoms with van der Waals surface area (Å²) >= 11 is 0. The van der Waals surface area contributed by atoms with Gasteiger partial charge in [-0.2, -0.15) is 5.10 Å². The van der Waals surface area contributed by atoms with E-state index in [2.05, 4.69) is 48.3 Å². The van der Waals surface area contributed by atoms with Crippen LogP contribution in [0.1, 0.15) is 55.6 Å². The van der Waals surface area contributed by atoms with Gasteiger partial charge in [0.05, 0.1) is 12.3 Å². The molecule has 0 fully saturated rings. The maximum Gasteiger partial charge on any atom is 0.256 e. The highest BCUT2D eigenvalue weighted by molar-refractivity contribution is 6.04. The quantitative estimate of drug-likeness (QED) is 0.310. The Bertz CT molecular complexity index is 1270. The number of aryl methyl sites for hydroxylation is 1. The van der Waals surface area contributed by atoms with Gasteiger partial charge < -0.3 is 10.1 Å². The summed E-state index contributed by atoms with van der Waals surface area (Å²) in [7, 11) is 1.94. The van der Waals surface area contributed by atoms with E-state index in [-0.39, 0.29) is 12.0 Å². The average Bonchev–Trinajstić information content (AvgIpc) is 3.17. The monoisotopic (exact) mass is 456 g/mol. The standard InChI is InChI=1S/C28H32N4O2/c1-5-7-24(8-6-2)34-25-13-11-20(12-14-25)28(33)31-27-16-23-15-21(9-10-22(23)17-29-27)26-18-30-32(4)19(26)3/h9-18,24H,5-8H2,1-4H3,(H,29,31,33). The maximum atomic E-state index is 12.8. The molecule has 0 spiro atoms. The molecule has 0 atom stereocenters. The summed E-state index contributed by atoms with van der Waals surface area (Å²) in [5.74, 6) is 1.12. The molecule has 34 heavy (non-hydrogen) atoms. The number of hydrogen-bond acceptors (Lipinski definition) is 4. The van der Waals surface area contributed by atoms with Crippen LogP contribution < -0.4 is 10.1 Å².